The van der Waals surface area contributed by atoms with Crippen LogP contribution in [0.25, 0.3) is 0 Å². The second-order valence-corrected chi connectivity index (χ2v) is 6.41. The topological polar surface area (TPSA) is 100 Å². The highest BCUT2D eigenvalue weighted by Gasteiger charge is 2.19. The van der Waals surface area contributed by atoms with Crippen LogP contribution < -0.4 is 19.5 Å². The van der Waals surface area contributed by atoms with Gasteiger partial charge < -0.3 is 24.3 Å². The standard InChI is InChI=1S/C21H21NO7/c1-13(23)16-4-3-5-17(9-16)26-11-20(24)29-14(2)21(25)22-10-15-6-7-18-19(8-15)28-12-27-18/h3-9,14H,10-12H2,1-2H3,(H,22,25)/t14-/m0/s1. The zero-order chi connectivity index (χ0) is 20.8. The minimum atomic E-state index is -0.983. The first-order chi connectivity index (χ1) is 13.9. The van der Waals surface area contributed by atoms with Crippen molar-refractivity contribution in [2.45, 2.75) is 26.5 Å². The van der Waals surface area contributed by atoms with Crippen LogP contribution in [0.5, 0.6) is 17.2 Å². The molecule has 8 heteroatoms. The lowest BCUT2D eigenvalue weighted by atomic mass is 10.1. The molecule has 0 fully saturated rings. The number of amides is 1. The lowest BCUT2D eigenvalue weighted by Crippen LogP contribution is -2.36. The number of nitrogens with one attached hydrogen (secondary N) is 1. The van der Waals surface area contributed by atoms with Gasteiger partial charge in [-0.1, -0.05) is 18.2 Å². The van der Waals surface area contributed by atoms with Crippen molar-refractivity contribution in [1.29, 1.82) is 0 Å². The largest absolute Gasteiger partial charge is 0.482 e. The minimum absolute atomic E-state index is 0.106. The van der Waals surface area contributed by atoms with Crippen LogP contribution >= 0.6 is 0 Å². The van der Waals surface area contributed by atoms with Crippen LogP contribution in [-0.4, -0.2) is 37.2 Å². The van der Waals surface area contributed by atoms with Gasteiger partial charge in [-0.3, -0.25) is 9.59 Å². The van der Waals surface area contributed by atoms with Gasteiger partial charge in [-0.15, -0.1) is 0 Å². The molecule has 0 saturated carbocycles. The Labute approximate surface area is 167 Å². The van der Waals surface area contributed by atoms with Crippen LogP contribution in [0.1, 0.15) is 29.8 Å². The molecule has 1 atom stereocenters. The normalized spacial score (nSPS) is 12.8. The summed E-state index contributed by atoms with van der Waals surface area (Å²) in [6.45, 7) is 2.98. The SMILES string of the molecule is CC(=O)c1cccc(OCC(=O)O[C@@H](C)C(=O)NCc2ccc3c(c2)OCO3)c1. The van der Waals surface area contributed by atoms with Crippen molar-refractivity contribution in [1.82, 2.24) is 5.32 Å². The van der Waals surface area contributed by atoms with Crippen LogP contribution in [0.3, 0.4) is 0 Å². The zero-order valence-electron chi connectivity index (χ0n) is 16.1. The number of esters is 1. The molecule has 0 aromatic heterocycles. The van der Waals surface area contributed by atoms with Gasteiger partial charge in [0, 0.05) is 12.1 Å². The molecule has 2 aromatic carbocycles. The summed E-state index contributed by atoms with van der Waals surface area (Å²) in [5, 5.41) is 2.70. The molecular formula is C21H21NO7. The number of hydrogen-bond acceptors (Lipinski definition) is 7. The first-order valence-electron chi connectivity index (χ1n) is 9.02. The highest BCUT2D eigenvalue weighted by Crippen LogP contribution is 2.32. The Morgan fingerprint density at radius 1 is 1.10 bits per heavy atom. The monoisotopic (exact) mass is 399 g/mol. The summed E-state index contributed by atoms with van der Waals surface area (Å²) in [6, 6.07) is 11.8. The number of ether oxygens (including phenoxy) is 4. The van der Waals surface area contributed by atoms with E-state index in [4.69, 9.17) is 18.9 Å². The molecule has 29 heavy (non-hydrogen) atoms. The van der Waals surface area contributed by atoms with Gasteiger partial charge in [0.2, 0.25) is 6.79 Å². The van der Waals surface area contributed by atoms with Crippen molar-refractivity contribution < 1.29 is 33.3 Å². The van der Waals surface area contributed by atoms with E-state index in [9.17, 15) is 14.4 Å². The number of Topliss-reactive ketones (excluding diaryl/α,β-unsaturated/α-hetero) is 1. The van der Waals surface area contributed by atoms with E-state index in [1.807, 2.05) is 6.07 Å². The number of benzene rings is 2. The summed E-state index contributed by atoms with van der Waals surface area (Å²) in [6.07, 6.45) is -0.983. The second kappa shape index (κ2) is 9.09. The molecule has 0 aliphatic carbocycles. The van der Waals surface area contributed by atoms with E-state index < -0.39 is 18.0 Å². The third-order valence-corrected chi connectivity index (χ3v) is 4.18. The van der Waals surface area contributed by atoms with Gasteiger partial charge in [0.25, 0.3) is 5.91 Å². The number of fused-ring (bicyclic) bond motifs is 1. The molecule has 0 unspecified atom stereocenters. The van der Waals surface area contributed by atoms with Gasteiger partial charge in [0.15, 0.2) is 30.0 Å². The summed E-state index contributed by atoms with van der Waals surface area (Å²) in [5.74, 6) is 0.428. The lowest BCUT2D eigenvalue weighted by Gasteiger charge is -2.14. The fourth-order valence-electron chi connectivity index (χ4n) is 2.62. The Balaban J connectivity index is 1.43. The number of carbonyl (C=O) groups excluding carboxylic acids is 3. The zero-order valence-corrected chi connectivity index (χ0v) is 16.1. The first-order valence-corrected chi connectivity index (χ1v) is 9.02. The van der Waals surface area contributed by atoms with E-state index in [1.165, 1.54) is 19.9 Å². The Hall–Kier alpha value is -3.55. The Morgan fingerprint density at radius 3 is 2.69 bits per heavy atom. The van der Waals surface area contributed by atoms with E-state index >= 15 is 0 Å². The van der Waals surface area contributed by atoms with Gasteiger partial charge in [-0.2, -0.15) is 0 Å². The predicted molar refractivity (Wildman–Crippen MR) is 102 cm³/mol. The van der Waals surface area contributed by atoms with Crippen LogP contribution in [0.15, 0.2) is 42.5 Å². The third-order valence-electron chi connectivity index (χ3n) is 4.18. The molecule has 1 aliphatic heterocycles. The lowest BCUT2D eigenvalue weighted by molar-refractivity contribution is -0.156. The van der Waals surface area contributed by atoms with Gasteiger partial charge in [-0.25, -0.2) is 4.79 Å². The summed E-state index contributed by atoms with van der Waals surface area (Å²) < 4.78 is 20.9. The molecule has 0 saturated heterocycles. The van der Waals surface area contributed by atoms with Crippen molar-refractivity contribution in [3.8, 4) is 17.2 Å². The third kappa shape index (κ3) is 5.47. The van der Waals surface area contributed by atoms with E-state index in [2.05, 4.69) is 5.32 Å². The summed E-state index contributed by atoms with van der Waals surface area (Å²) in [5.41, 5.74) is 1.31. The molecule has 0 spiro atoms. The van der Waals surface area contributed by atoms with Crippen molar-refractivity contribution in [3.63, 3.8) is 0 Å². The number of carbonyl (C=O) groups is 3. The van der Waals surface area contributed by atoms with Crippen molar-refractivity contribution in [2.75, 3.05) is 13.4 Å². The van der Waals surface area contributed by atoms with Crippen LogP contribution in [0, 0.1) is 0 Å². The van der Waals surface area contributed by atoms with E-state index in [-0.39, 0.29) is 25.7 Å². The molecule has 1 N–H and O–H groups in total. The molecule has 1 amide bonds. The van der Waals surface area contributed by atoms with E-state index in [0.29, 0.717) is 22.8 Å². The molecule has 1 heterocycles. The molecule has 0 radical (unpaired) electrons. The van der Waals surface area contributed by atoms with Crippen molar-refractivity contribution in [3.05, 3.63) is 53.6 Å². The maximum absolute atomic E-state index is 12.2. The predicted octanol–water partition coefficient (Wildman–Crippen LogP) is 2.24. The average Bonchev–Trinajstić information content (AvgIpc) is 3.18. The quantitative estimate of drug-likeness (QED) is 0.537. The highest BCUT2D eigenvalue weighted by molar-refractivity contribution is 5.94. The summed E-state index contributed by atoms with van der Waals surface area (Å²) in [4.78, 5) is 35.5. The Morgan fingerprint density at radius 2 is 1.90 bits per heavy atom. The van der Waals surface area contributed by atoms with Gasteiger partial charge in [0.05, 0.1) is 0 Å². The first kappa shape index (κ1) is 20.2. The van der Waals surface area contributed by atoms with Gasteiger partial charge in [0.1, 0.15) is 5.75 Å². The maximum atomic E-state index is 12.2. The Bertz CT molecular complexity index is 925. The summed E-state index contributed by atoms with van der Waals surface area (Å²) in [7, 11) is 0. The fraction of sp³-hybridized carbons (Fsp3) is 0.286. The van der Waals surface area contributed by atoms with Crippen molar-refractivity contribution in [2.24, 2.45) is 0 Å². The summed E-state index contributed by atoms with van der Waals surface area (Å²) >= 11 is 0. The van der Waals surface area contributed by atoms with Crippen LogP contribution in [0.4, 0.5) is 0 Å². The Kier molecular flexibility index (Phi) is 6.33. The fourth-order valence-corrected chi connectivity index (χ4v) is 2.62. The minimum Gasteiger partial charge on any atom is -0.482 e. The maximum Gasteiger partial charge on any atom is 0.344 e. The molecule has 8 nitrogen and oxygen atoms in total. The molecular weight excluding hydrogens is 378 g/mol. The smallest absolute Gasteiger partial charge is 0.344 e. The molecule has 0 bridgehead atoms. The second-order valence-electron chi connectivity index (χ2n) is 6.41. The highest BCUT2D eigenvalue weighted by atomic mass is 16.7. The van der Waals surface area contributed by atoms with E-state index in [1.54, 1.807) is 30.3 Å². The number of ketones is 1. The number of rotatable bonds is 8. The van der Waals surface area contributed by atoms with E-state index in [0.717, 1.165) is 5.56 Å². The molecule has 2 aromatic rings. The molecule has 1 aliphatic rings. The van der Waals surface area contributed by atoms with Crippen LogP contribution in [-0.2, 0) is 20.9 Å². The molecule has 3 rings (SSSR count). The van der Waals surface area contributed by atoms with Gasteiger partial charge in [-0.05, 0) is 43.7 Å². The molecule has 152 valence electrons. The van der Waals surface area contributed by atoms with Crippen molar-refractivity contribution >= 4 is 17.7 Å². The average molecular weight is 399 g/mol. The van der Waals surface area contributed by atoms with Crippen LogP contribution in [0.2, 0.25) is 0 Å². The number of hydrogen-bond donors (Lipinski definition) is 1. The van der Waals surface area contributed by atoms with Gasteiger partial charge >= 0.3 is 5.97 Å².